The smallest absolute Gasteiger partial charge is 0.333 e. The number of rotatable bonds is 12. The van der Waals surface area contributed by atoms with Crippen molar-refractivity contribution in [1.29, 1.82) is 0 Å². The van der Waals surface area contributed by atoms with E-state index in [0.29, 0.717) is 31.3 Å². The van der Waals surface area contributed by atoms with Gasteiger partial charge in [-0.25, -0.2) is 0 Å². The Morgan fingerprint density at radius 2 is 1.86 bits per heavy atom. The monoisotopic (exact) mass is 422 g/mol. The third-order valence-corrected chi connectivity index (χ3v) is 6.34. The number of nitrogens with zero attached hydrogens (tertiary/aromatic N) is 1. The third kappa shape index (κ3) is 6.46. The van der Waals surface area contributed by atoms with Crippen LogP contribution in [-0.2, 0) is 13.6 Å². The Hall–Kier alpha value is -2.08. The van der Waals surface area contributed by atoms with Gasteiger partial charge in [0.25, 0.3) is 0 Å². The van der Waals surface area contributed by atoms with Crippen LogP contribution in [0.5, 0.6) is 11.5 Å². The predicted molar refractivity (Wildman–Crippen MR) is 115 cm³/mol. The van der Waals surface area contributed by atoms with Gasteiger partial charge in [-0.15, -0.1) is 0 Å². The second-order valence-electron chi connectivity index (χ2n) is 6.37. The number of hydrogen-bond donors (Lipinski definition) is 1. The molecule has 29 heavy (non-hydrogen) atoms. The molecule has 0 radical (unpaired) electrons. The Kier molecular flexibility index (Phi) is 8.96. The number of aromatic nitrogens is 1. The van der Waals surface area contributed by atoms with E-state index in [-0.39, 0.29) is 12.2 Å². The lowest BCUT2D eigenvalue weighted by molar-refractivity contribution is 0.219. The molecule has 1 N–H and O–H groups in total. The summed E-state index contributed by atoms with van der Waals surface area (Å²) in [5.74, 6) is 1.33. The van der Waals surface area contributed by atoms with Crippen molar-refractivity contribution in [3.05, 3.63) is 47.8 Å². The number of nitrogens with one attached hydrogen (secondary N) is 1. The topological polar surface area (TPSA) is 78.9 Å². The lowest BCUT2D eigenvalue weighted by Gasteiger charge is -2.26. The Morgan fingerprint density at radius 1 is 1.14 bits per heavy atom. The molecule has 0 saturated carbocycles. The van der Waals surface area contributed by atoms with Gasteiger partial charge in [0, 0.05) is 12.4 Å². The lowest BCUT2D eigenvalue weighted by atomic mass is 10.0. The third-order valence-electron chi connectivity index (χ3n) is 4.23. The van der Waals surface area contributed by atoms with Crippen molar-refractivity contribution in [2.75, 3.05) is 38.4 Å². The van der Waals surface area contributed by atoms with Gasteiger partial charge in [-0.05, 0) is 57.0 Å². The summed E-state index contributed by atoms with van der Waals surface area (Å²) < 4.78 is 35.6. The van der Waals surface area contributed by atoms with Crippen LogP contribution in [-0.4, -0.2) is 38.1 Å². The fourth-order valence-corrected chi connectivity index (χ4v) is 4.96. The number of hydrogen-bond acceptors (Lipinski definition) is 7. The van der Waals surface area contributed by atoms with Crippen molar-refractivity contribution in [3.63, 3.8) is 0 Å². The van der Waals surface area contributed by atoms with Gasteiger partial charge in [0.2, 0.25) is 0 Å². The van der Waals surface area contributed by atoms with Crippen LogP contribution in [0.4, 0.5) is 5.69 Å². The molecule has 0 aliphatic rings. The molecule has 1 heterocycles. The van der Waals surface area contributed by atoms with Gasteiger partial charge in [0.1, 0.15) is 0 Å². The number of benzene rings is 1. The maximum Gasteiger partial charge on any atom is 0.333 e. The molecule has 2 aromatic rings. The molecule has 160 valence electrons. The molecular weight excluding hydrogens is 391 g/mol. The number of aryl methyl sites for hydroxylation is 1. The van der Waals surface area contributed by atoms with Crippen LogP contribution in [0.2, 0.25) is 0 Å². The van der Waals surface area contributed by atoms with Gasteiger partial charge in [-0.1, -0.05) is 6.07 Å². The molecule has 1 aromatic carbocycles. The first-order valence-corrected chi connectivity index (χ1v) is 11.5. The molecule has 0 spiro atoms. The highest BCUT2D eigenvalue weighted by Crippen LogP contribution is 2.51. The van der Waals surface area contributed by atoms with Crippen LogP contribution in [0.1, 0.15) is 37.9 Å². The van der Waals surface area contributed by atoms with E-state index in [1.807, 2.05) is 38.1 Å². The average Bonchev–Trinajstić information content (AvgIpc) is 2.68. The number of anilines is 1. The molecule has 7 nitrogen and oxygen atoms in total. The van der Waals surface area contributed by atoms with E-state index in [2.05, 4.69) is 10.3 Å². The summed E-state index contributed by atoms with van der Waals surface area (Å²) in [6, 6.07) is 7.32. The lowest BCUT2D eigenvalue weighted by Crippen LogP contribution is -2.18. The number of ether oxygens (including phenoxy) is 2. The molecule has 1 aromatic heterocycles. The molecule has 8 heteroatoms. The van der Waals surface area contributed by atoms with Gasteiger partial charge in [-0.2, -0.15) is 0 Å². The van der Waals surface area contributed by atoms with E-state index >= 15 is 0 Å². The second kappa shape index (κ2) is 11.2. The standard InChI is InChI=1S/C21H31N2O5P/c1-6-26-20-13-17(12-16(4)21(20)25-5)19(23-18-10-9-11-22-14-18)15-29(24,27-7-2)28-8-3/h9-14,19,23H,6-8,15H2,1-5H3. The maximum absolute atomic E-state index is 13.2. The molecule has 0 amide bonds. The second-order valence-corrected chi connectivity index (χ2v) is 8.47. The molecule has 0 saturated heterocycles. The summed E-state index contributed by atoms with van der Waals surface area (Å²) in [6.07, 6.45) is 3.59. The van der Waals surface area contributed by atoms with Crippen molar-refractivity contribution in [2.45, 2.75) is 33.7 Å². The molecule has 1 unspecified atom stereocenters. The largest absolute Gasteiger partial charge is 0.493 e. The minimum Gasteiger partial charge on any atom is -0.493 e. The van der Waals surface area contributed by atoms with E-state index in [1.165, 1.54) is 0 Å². The minimum absolute atomic E-state index is 0.168. The van der Waals surface area contributed by atoms with Gasteiger partial charge < -0.3 is 23.8 Å². The average molecular weight is 422 g/mol. The van der Waals surface area contributed by atoms with Gasteiger partial charge in [0.05, 0.1) is 44.8 Å². The summed E-state index contributed by atoms with van der Waals surface area (Å²) in [6.45, 7) is 8.61. The molecule has 1 atom stereocenters. The highest BCUT2D eigenvalue weighted by molar-refractivity contribution is 7.53. The molecule has 2 rings (SSSR count). The fraction of sp³-hybridized carbons (Fsp3) is 0.476. The van der Waals surface area contributed by atoms with E-state index in [4.69, 9.17) is 18.5 Å². The first-order valence-electron chi connectivity index (χ1n) is 9.82. The Labute approximate surface area is 173 Å². The van der Waals surface area contributed by atoms with Crippen molar-refractivity contribution < 1.29 is 23.1 Å². The summed E-state index contributed by atoms with van der Waals surface area (Å²) >= 11 is 0. The molecule has 0 fully saturated rings. The number of pyridine rings is 1. The highest BCUT2D eigenvalue weighted by Gasteiger charge is 2.30. The molecule has 0 bridgehead atoms. The first-order chi connectivity index (χ1) is 14.0. The molecular formula is C21H31N2O5P. The van der Waals surface area contributed by atoms with Crippen molar-refractivity contribution in [2.24, 2.45) is 0 Å². The van der Waals surface area contributed by atoms with Gasteiger partial charge in [0.15, 0.2) is 11.5 Å². The van der Waals surface area contributed by atoms with Crippen LogP contribution >= 0.6 is 7.60 Å². The zero-order chi connectivity index (χ0) is 21.3. The van der Waals surface area contributed by atoms with Crippen LogP contribution < -0.4 is 14.8 Å². The summed E-state index contributed by atoms with van der Waals surface area (Å²) in [5, 5.41) is 3.41. The van der Waals surface area contributed by atoms with Crippen LogP contribution in [0.25, 0.3) is 0 Å². The molecule has 0 aliphatic heterocycles. The van der Waals surface area contributed by atoms with Gasteiger partial charge >= 0.3 is 7.60 Å². The number of methoxy groups -OCH3 is 1. The summed E-state index contributed by atoms with van der Waals surface area (Å²) in [4.78, 5) is 4.15. The van der Waals surface area contributed by atoms with E-state index in [9.17, 15) is 4.57 Å². The van der Waals surface area contributed by atoms with Gasteiger partial charge in [-0.3, -0.25) is 9.55 Å². The minimum atomic E-state index is -3.30. The normalized spacial score (nSPS) is 12.4. The zero-order valence-corrected chi connectivity index (χ0v) is 18.7. The quantitative estimate of drug-likeness (QED) is 0.470. The SMILES string of the molecule is CCOc1cc(C(CP(=O)(OCC)OCC)Nc2cccnc2)cc(C)c1OC. The van der Waals surface area contributed by atoms with E-state index < -0.39 is 7.60 Å². The Bertz CT molecular complexity index is 806. The van der Waals surface area contributed by atoms with Crippen LogP contribution in [0.15, 0.2) is 36.7 Å². The Balaban J connectivity index is 2.47. The fourth-order valence-electron chi connectivity index (χ4n) is 3.14. The zero-order valence-electron chi connectivity index (χ0n) is 17.8. The maximum atomic E-state index is 13.2. The van der Waals surface area contributed by atoms with Crippen molar-refractivity contribution >= 4 is 13.3 Å². The first kappa shape index (κ1) is 23.2. The Morgan fingerprint density at radius 3 is 2.41 bits per heavy atom. The highest BCUT2D eigenvalue weighted by atomic mass is 31.2. The van der Waals surface area contributed by atoms with Crippen molar-refractivity contribution in [1.82, 2.24) is 4.98 Å². The van der Waals surface area contributed by atoms with Crippen LogP contribution in [0, 0.1) is 6.92 Å². The van der Waals surface area contributed by atoms with Crippen molar-refractivity contribution in [3.8, 4) is 11.5 Å². The summed E-state index contributed by atoms with van der Waals surface area (Å²) in [7, 11) is -1.68. The molecule has 0 aliphatic carbocycles. The summed E-state index contributed by atoms with van der Waals surface area (Å²) in [5.41, 5.74) is 2.63. The van der Waals surface area contributed by atoms with Crippen LogP contribution in [0.3, 0.4) is 0 Å². The van der Waals surface area contributed by atoms with E-state index in [0.717, 1.165) is 16.8 Å². The van der Waals surface area contributed by atoms with E-state index in [1.54, 1.807) is 33.4 Å². The predicted octanol–water partition coefficient (Wildman–Crippen LogP) is 5.22.